The lowest BCUT2D eigenvalue weighted by atomic mass is 9.88. The largest absolute Gasteiger partial charge is 0.462 e. The smallest absolute Gasteiger partial charge is 0.341 e. The normalized spacial score (nSPS) is 15.8. The Bertz CT molecular complexity index is 877. The maximum absolute atomic E-state index is 12.5. The number of nitrogens with two attached hydrogens (primary N) is 1. The highest BCUT2D eigenvalue weighted by atomic mass is 32.2. The molecule has 2 aromatic rings. The number of thioether (sulfide) groups is 1. The zero-order valence-electron chi connectivity index (χ0n) is 16.2. The first-order chi connectivity index (χ1) is 13.4. The summed E-state index contributed by atoms with van der Waals surface area (Å²) in [6, 6.07) is 1.67. The fourth-order valence-corrected chi connectivity index (χ4v) is 5.31. The molecule has 0 saturated carbocycles. The second-order valence-corrected chi connectivity index (χ2v) is 8.88. The van der Waals surface area contributed by atoms with Crippen molar-refractivity contribution in [1.29, 1.82) is 0 Å². The number of aromatic nitrogens is 2. The number of carbonyl (C=O) groups excluding carboxylic acids is 2. The van der Waals surface area contributed by atoms with Gasteiger partial charge in [-0.15, -0.1) is 11.3 Å². The first-order valence-electron chi connectivity index (χ1n) is 9.22. The second kappa shape index (κ2) is 8.91. The average Bonchev–Trinajstić information content (AvgIpc) is 2.96. The molecule has 7 nitrogen and oxygen atoms in total. The van der Waals surface area contributed by atoms with Crippen LogP contribution in [0.4, 0.5) is 10.8 Å². The number of amides is 1. The van der Waals surface area contributed by atoms with E-state index in [1.165, 1.54) is 28.0 Å². The number of nitrogens with zero attached hydrogens (tertiary/aromatic N) is 2. The molecule has 1 aliphatic rings. The van der Waals surface area contributed by atoms with Gasteiger partial charge in [0, 0.05) is 16.6 Å². The van der Waals surface area contributed by atoms with Crippen molar-refractivity contribution < 1.29 is 14.3 Å². The number of thiophene rings is 1. The van der Waals surface area contributed by atoms with Crippen molar-refractivity contribution >= 4 is 45.8 Å². The number of hydrogen-bond donors (Lipinski definition) is 2. The molecule has 0 spiro atoms. The van der Waals surface area contributed by atoms with E-state index in [2.05, 4.69) is 22.2 Å². The summed E-state index contributed by atoms with van der Waals surface area (Å²) in [5.74, 6) is 0.492. The molecule has 3 rings (SSSR count). The molecule has 2 heterocycles. The standard InChI is InChI=1S/C19H24N4O3S2/c1-4-26-18(25)16-12-6-5-10(2)7-13(12)28-17(16)23-15(24)9-27-19-21-11(3)8-14(20)22-19/h8,10H,4-7,9H2,1-3H3,(H,23,24)(H2,20,21,22). The van der Waals surface area contributed by atoms with Gasteiger partial charge < -0.3 is 15.8 Å². The SMILES string of the molecule is CCOC(=O)c1c(NC(=O)CSc2nc(C)cc(N)n2)sc2c1CCC(C)C2. The Hall–Kier alpha value is -2.13. The minimum atomic E-state index is -0.368. The first kappa shape index (κ1) is 20.6. The van der Waals surface area contributed by atoms with Crippen molar-refractivity contribution in [3.05, 3.63) is 27.8 Å². The highest BCUT2D eigenvalue weighted by Crippen LogP contribution is 2.40. The Morgan fingerprint density at radius 2 is 2.21 bits per heavy atom. The third kappa shape index (κ3) is 4.82. The van der Waals surface area contributed by atoms with E-state index in [1.807, 2.05) is 6.92 Å². The summed E-state index contributed by atoms with van der Waals surface area (Å²) in [5.41, 5.74) is 8.02. The van der Waals surface area contributed by atoms with Gasteiger partial charge >= 0.3 is 5.97 Å². The highest BCUT2D eigenvalue weighted by molar-refractivity contribution is 7.99. The molecule has 1 unspecified atom stereocenters. The van der Waals surface area contributed by atoms with Gasteiger partial charge in [-0.25, -0.2) is 14.8 Å². The Morgan fingerprint density at radius 3 is 2.93 bits per heavy atom. The minimum absolute atomic E-state index is 0.129. The molecule has 0 saturated heterocycles. The number of aryl methyl sites for hydroxylation is 1. The summed E-state index contributed by atoms with van der Waals surface area (Å²) in [6.45, 7) is 6.11. The number of fused-ring (bicyclic) bond motifs is 1. The third-order valence-electron chi connectivity index (χ3n) is 4.43. The van der Waals surface area contributed by atoms with Gasteiger partial charge in [-0.3, -0.25) is 4.79 Å². The van der Waals surface area contributed by atoms with Gasteiger partial charge in [0.05, 0.1) is 17.9 Å². The fourth-order valence-electron chi connectivity index (χ4n) is 3.18. The number of anilines is 2. The molecule has 9 heteroatoms. The van der Waals surface area contributed by atoms with Crippen LogP contribution < -0.4 is 11.1 Å². The van der Waals surface area contributed by atoms with Crippen LogP contribution in [0.15, 0.2) is 11.2 Å². The maximum Gasteiger partial charge on any atom is 0.341 e. The number of rotatable bonds is 6. The minimum Gasteiger partial charge on any atom is -0.462 e. The molecular weight excluding hydrogens is 396 g/mol. The number of nitrogens with one attached hydrogen (secondary N) is 1. The molecule has 0 bridgehead atoms. The molecule has 1 atom stereocenters. The summed E-state index contributed by atoms with van der Waals surface area (Å²) in [5, 5.41) is 3.93. The molecule has 0 aromatic carbocycles. The Labute approximate surface area is 172 Å². The van der Waals surface area contributed by atoms with Gasteiger partial charge in [0.15, 0.2) is 5.16 Å². The lowest BCUT2D eigenvalue weighted by Gasteiger charge is -2.18. The monoisotopic (exact) mass is 420 g/mol. The molecule has 3 N–H and O–H groups in total. The van der Waals surface area contributed by atoms with Gasteiger partial charge in [-0.1, -0.05) is 18.7 Å². The summed E-state index contributed by atoms with van der Waals surface area (Å²) >= 11 is 2.69. The topological polar surface area (TPSA) is 107 Å². The zero-order valence-corrected chi connectivity index (χ0v) is 17.8. The molecule has 2 aromatic heterocycles. The van der Waals surface area contributed by atoms with E-state index < -0.39 is 0 Å². The van der Waals surface area contributed by atoms with Crippen LogP contribution in [0.25, 0.3) is 0 Å². The highest BCUT2D eigenvalue weighted by Gasteiger charge is 2.29. The fraction of sp³-hybridized carbons (Fsp3) is 0.474. The summed E-state index contributed by atoms with van der Waals surface area (Å²) < 4.78 is 5.23. The van der Waals surface area contributed by atoms with Crippen molar-refractivity contribution in [2.24, 2.45) is 5.92 Å². The second-order valence-electron chi connectivity index (χ2n) is 6.83. The van der Waals surface area contributed by atoms with Gasteiger partial charge in [0.1, 0.15) is 10.8 Å². The van der Waals surface area contributed by atoms with Crippen molar-refractivity contribution in [3.8, 4) is 0 Å². The molecule has 28 heavy (non-hydrogen) atoms. The van der Waals surface area contributed by atoms with Crippen molar-refractivity contribution in [1.82, 2.24) is 9.97 Å². The van der Waals surface area contributed by atoms with E-state index in [0.29, 0.717) is 34.1 Å². The summed E-state index contributed by atoms with van der Waals surface area (Å²) in [7, 11) is 0. The van der Waals surface area contributed by atoms with Gasteiger partial charge in [-0.2, -0.15) is 0 Å². The average molecular weight is 421 g/mol. The first-order valence-corrected chi connectivity index (χ1v) is 11.0. The van der Waals surface area contributed by atoms with Crippen LogP contribution in [-0.4, -0.2) is 34.2 Å². The van der Waals surface area contributed by atoms with Gasteiger partial charge in [-0.05, 0) is 44.6 Å². The van der Waals surface area contributed by atoms with E-state index in [1.54, 1.807) is 13.0 Å². The molecule has 150 valence electrons. The van der Waals surface area contributed by atoms with Crippen LogP contribution in [0.3, 0.4) is 0 Å². The third-order valence-corrected chi connectivity index (χ3v) is 6.45. The van der Waals surface area contributed by atoms with E-state index in [4.69, 9.17) is 10.5 Å². The van der Waals surface area contributed by atoms with Crippen molar-refractivity contribution in [2.75, 3.05) is 23.4 Å². The van der Waals surface area contributed by atoms with Crippen LogP contribution >= 0.6 is 23.1 Å². The van der Waals surface area contributed by atoms with Crippen LogP contribution in [0.5, 0.6) is 0 Å². The van der Waals surface area contributed by atoms with Crippen molar-refractivity contribution in [2.45, 2.75) is 45.2 Å². The van der Waals surface area contributed by atoms with Gasteiger partial charge in [0.2, 0.25) is 5.91 Å². The van der Waals surface area contributed by atoms with Crippen molar-refractivity contribution in [3.63, 3.8) is 0 Å². The molecule has 0 radical (unpaired) electrons. The molecule has 0 fully saturated rings. The Kier molecular flexibility index (Phi) is 6.56. The van der Waals surface area contributed by atoms with E-state index >= 15 is 0 Å². The number of hydrogen-bond acceptors (Lipinski definition) is 8. The van der Waals surface area contributed by atoms with E-state index in [-0.39, 0.29) is 17.6 Å². The van der Waals surface area contributed by atoms with Gasteiger partial charge in [0.25, 0.3) is 0 Å². The molecule has 0 aliphatic heterocycles. The summed E-state index contributed by atoms with van der Waals surface area (Å²) in [6.07, 6.45) is 2.79. The van der Waals surface area contributed by atoms with E-state index in [0.717, 1.165) is 30.5 Å². The summed E-state index contributed by atoms with van der Waals surface area (Å²) in [4.78, 5) is 34.6. The maximum atomic E-state index is 12.5. The zero-order chi connectivity index (χ0) is 20.3. The van der Waals surface area contributed by atoms with E-state index in [9.17, 15) is 9.59 Å². The number of carbonyl (C=O) groups is 2. The number of esters is 1. The predicted molar refractivity (Wildman–Crippen MR) is 112 cm³/mol. The Morgan fingerprint density at radius 1 is 1.43 bits per heavy atom. The lowest BCUT2D eigenvalue weighted by Crippen LogP contribution is -2.18. The molecule has 1 aliphatic carbocycles. The molecular formula is C19H24N4O3S2. The Balaban J connectivity index is 1.75. The van der Waals surface area contributed by atoms with Crippen LogP contribution in [0, 0.1) is 12.8 Å². The number of nitrogen functional groups attached to an aromatic ring is 1. The van der Waals surface area contributed by atoms with Crippen LogP contribution in [0.2, 0.25) is 0 Å². The number of ether oxygens (including phenoxy) is 1. The predicted octanol–water partition coefficient (Wildman–Crippen LogP) is 3.46. The quantitative estimate of drug-likeness (QED) is 0.419. The lowest BCUT2D eigenvalue weighted by molar-refractivity contribution is -0.113. The molecule has 1 amide bonds. The van der Waals surface area contributed by atoms with Crippen LogP contribution in [-0.2, 0) is 22.4 Å². The van der Waals surface area contributed by atoms with Crippen LogP contribution in [0.1, 0.15) is 46.8 Å².